The number of carbonyl (C=O) groups is 1. The Labute approximate surface area is 200 Å². The standard InChI is InChI=1S/C27H35F3N2O2/c1-5-9-21-22(19-12-14-20(34-4)15-13-19)18-23-24(27(28,29)30)10-8-11-25(23)32(26(21)33)17-16-31(6-2)7-3/h8,10-15,21-22H,5-7,9,16-18H2,1-4H3/t21-,22+/m1/s1. The number of halogens is 3. The summed E-state index contributed by atoms with van der Waals surface area (Å²) >= 11 is 0. The van der Waals surface area contributed by atoms with Crippen molar-refractivity contribution in [1.29, 1.82) is 0 Å². The molecule has 0 saturated heterocycles. The van der Waals surface area contributed by atoms with Crippen molar-refractivity contribution in [2.75, 3.05) is 38.2 Å². The van der Waals surface area contributed by atoms with Crippen LogP contribution in [0.5, 0.6) is 5.75 Å². The summed E-state index contributed by atoms with van der Waals surface area (Å²) < 4.78 is 47.6. The molecule has 0 spiro atoms. The maximum Gasteiger partial charge on any atom is 0.416 e. The summed E-state index contributed by atoms with van der Waals surface area (Å²) in [4.78, 5) is 17.8. The highest BCUT2D eigenvalue weighted by atomic mass is 19.4. The van der Waals surface area contributed by atoms with Crippen LogP contribution in [0.25, 0.3) is 0 Å². The first-order valence-corrected chi connectivity index (χ1v) is 12.1. The van der Waals surface area contributed by atoms with Gasteiger partial charge < -0.3 is 14.5 Å². The van der Waals surface area contributed by atoms with Crippen LogP contribution in [-0.4, -0.2) is 44.1 Å². The van der Waals surface area contributed by atoms with E-state index in [0.717, 1.165) is 31.1 Å². The number of ether oxygens (including phenoxy) is 1. The van der Waals surface area contributed by atoms with E-state index in [2.05, 4.69) is 4.90 Å². The van der Waals surface area contributed by atoms with E-state index in [1.165, 1.54) is 6.07 Å². The van der Waals surface area contributed by atoms with Crippen molar-refractivity contribution in [3.63, 3.8) is 0 Å². The first-order chi connectivity index (χ1) is 16.2. The van der Waals surface area contributed by atoms with Crippen LogP contribution in [0.3, 0.4) is 0 Å². The van der Waals surface area contributed by atoms with Gasteiger partial charge in [0.25, 0.3) is 0 Å². The van der Waals surface area contributed by atoms with Crippen molar-refractivity contribution in [3.8, 4) is 5.75 Å². The molecule has 2 aromatic rings. The van der Waals surface area contributed by atoms with Crippen LogP contribution >= 0.6 is 0 Å². The molecule has 0 saturated carbocycles. The zero-order valence-electron chi connectivity index (χ0n) is 20.5. The Kier molecular flexibility index (Phi) is 8.63. The minimum Gasteiger partial charge on any atom is -0.497 e. The Morgan fingerprint density at radius 3 is 2.29 bits per heavy atom. The highest BCUT2D eigenvalue weighted by molar-refractivity contribution is 5.97. The molecule has 3 rings (SSSR count). The van der Waals surface area contributed by atoms with Gasteiger partial charge in [0.1, 0.15) is 5.75 Å². The summed E-state index contributed by atoms with van der Waals surface area (Å²) in [6.45, 7) is 8.72. The van der Waals surface area contributed by atoms with Crippen molar-refractivity contribution in [3.05, 3.63) is 59.2 Å². The molecule has 2 aromatic carbocycles. The monoisotopic (exact) mass is 476 g/mol. The molecule has 0 unspecified atom stereocenters. The predicted octanol–water partition coefficient (Wildman–Crippen LogP) is 6.15. The normalized spacial score (nSPS) is 18.7. The minimum atomic E-state index is -4.49. The second-order valence-corrected chi connectivity index (χ2v) is 8.80. The van der Waals surface area contributed by atoms with Crippen LogP contribution < -0.4 is 9.64 Å². The molecule has 34 heavy (non-hydrogen) atoms. The van der Waals surface area contributed by atoms with Gasteiger partial charge in [0.05, 0.1) is 12.7 Å². The molecule has 1 amide bonds. The molecule has 0 aliphatic carbocycles. The van der Waals surface area contributed by atoms with Crippen molar-refractivity contribution in [1.82, 2.24) is 4.90 Å². The highest BCUT2D eigenvalue weighted by Crippen LogP contribution is 2.44. The summed E-state index contributed by atoms with van der Waals surface area (Å²) in [5.74, 6) is -0.163. The molecule has 0 bridgehead atoms. The number of hydrogen-bond acceptors (Lipinski definition) is 3. The van der Waals surface area contributed by atoms with Gasteiger partial charge in [-0.2, -0.15) is 13.2 Å². The molecule has 186 valence electrons. The number of alkyl halides is 3. The summed E-state index contributed by atoms with van der Waals surface area (Å²) in [6.07, 6.45) is -2.94. The van der Waals surface area contributed by atoms with E-state index in [0.29, 0.717) is 30.9 Å². The Morgan fingerprint density at radius 1 is 1.06 bits per heavy atom. The molecule has 1 aliphatic rings. The number of hydrogen-bond donors (Lipinski definition) is 0. The molecule has 7 heteroatoms. The topological polar surface area (TPSA) is 32.8 Å². The fourth-order valence-corrected chi connectivity index (χ4v) is 5.01. The van der Waals surface area contributed by atoms with Gasteiger partial charge in [0.15, 0.2) is 0 Å². The molecule has 2 atom stereocenters. The van der Waals surface area contributed by atoms with Gasteiger partial charge in [-0.15, -0.1) is 0 Å². The second-order valence-electron chi connectivity index (χ2n) is 8.80. The quantitative estimate of drug-likeness (QED) is 0.436. The van der Waals surface area contributed by atoms with E-state index in [-0.39, 0.29) is 23.8 Å². The predicted molar refractivity (Wildman–Crippen MR) is 129 cm³/mol. The molecule has 0 fully saturated rings. The van der Waals surface area contributed by atoms with Gasteiger partial charge in [0.2, 0.25) is 5.91 Å². The molecule has 1 heterocycles. The number of anilines is 1. The van der Waals surface area contributed by atoms with Crippen LogP contribution in [0.1, 0.15) is 56.2 Å². The van der Waals surface area contributed by atoms with Gasteiger partial charge in [-0.1, -0.05) is 45.4 Å². The third-order valence-electron chi connectivity index (χ3n) is 6.92. The maximum atomic E-state index is 14.1. The molecule has 0 N–H and O–H groups in total. The Bertz CT molecular complexity index is 955. The minimum absolute atomic E-state index is 0.0899. The van der Waals surface area contributed by atoms with Crippen molar-refractivity contribution in [2.45, 2.75) is 52.1 Å². The third kappa shape index (κ3) is 5.57. The smallest absolute Gasteiger partial charge is 0.416 e. The zero-order valence-corrected chi connectivity index (χ0v) is 20.5. The van der Waals surface area contributed by atoms with Gasteiger partial charge in [-0.3, -0.25) is 4.79 Å². The Hall–Kier alpha value is -2.54. The number of fused-ring (bicyclic) bond motifs is 1. The van der Waals surface area contributed by atoms with Gasteiger partial charge >= 0.3 is 6.18 Å². The number of carbonyl (C=O) groups excluding carboxylic acids is 1. The molecular formula is C27H35F3N2O2. The van der Waals surface area contributed by atoms with Crippen LogP contribution in [0.15, 0.2) is 42.5 Å². The second kappa shape index (κ2) is 11.3. The number of amides is 1. The molecule has 0 aromatic heterocycles. The first-order valence-electron chi connectivity index (χ1n) is 12.1. The van der Waals surface area contributed by atoms with E-state index < -0.39 is 17.7 Å². The molecule has 1 aliphatic heterocycles. The fraction of sp³-hybridized carbons (Fsp3) is 0.519. The van der Waals surface area contributed by atoms with Crippen molar-refractivity contribution < 1.29 is 22.7 Å². The van der Waals surface area contributed by atoms with Crippen LogP contribution in [0, 0.1) is 5.92 Å². The van der Waals surface area contributed by atoms with Crippen molar-refractivity contribution >= 4 is 11.6 Å². The maximum absolute atomic E-state index is 14.1. The van der Waals surface area contributed by atoms with Crippen LogP contribution in [-0.2, 0) is 17.4 Å². The first kappa shape index (κ1) is 26.1. The average molecular weight is 477 g/mol. The Balaban J connectivity index is 2.15. The van der Waals surface area contributed by atoms with E-state index in [1.807, 2.05) is 45.0 Å². The SMILES string of the molecule is CCC[C@H]1C(=O)N(CCN(CC)CC)c2cccc(C(F)(F)F)c2C[C@H]1c1ccc(OC)cc1. The Morgan fingerprint density at radius 2 is 1.74 bits per heavy atom. The fourth-order valence-electron chi connectivity index (χ4n) is 5.01. The van der Waals surface area contributed by atoms with E-state index in [9.17, 15) is 18.0 Å². The summed E-state index contributed by atoms with van der Waals surface area (Å²) in [5.41, 5.74) is 0.814. The van der Waals surface area contributed by atoms with E-state index in [4.69, 9.17) is 4.74 Å². The third-order valence-corrected chi connectivity index (χ3v) is 6.92. The lowest BCUT2D eigenvalue weighted by atomic mass is 9.79. The lowest BCUT2D eigenvalue weighted by Crippen LogP contribution is -2.42. The van der Waals surface area contributed by atoms with Crippen molar-refractivity contribution in [2.24, 2.45) is 5.92 Å². The highest BCUT2D eigenvalue weighted by Gasteiger charge is 2.42. The average Bonchev–Trinajstić information content (AvgIpc) is 2.94. The summed E-state index contributed by atoms with van der Waals surface area (Å²) in [7, 11) is 1.57. The largest absolute Gasteiger partial charge is 0.497 e. The van der Waals surface area contributed by atoms with Crippen LogP contribution in [0.2, 0.25) is 0 Å². The number of methoxy groups -OCH3 is 1. The van der Waals surface area contributed by atoms with Gasteiger partial charge in [-0.25, -0.2) is 0 Å². The van der Waals surface area contributed by atoms with Gasteiger partial charge in [-0.05, 0) is 67.2 Å². The lowest BCUT2D eigenvalue weighted by molar-refractivity contribution is -0.138. The molecule has 0 radical (unpaired) electrons. The number of rotatable bonds is 9. The lowest BCUT2D eigenvalue weighted by Gasteiger charge is -2.30. The number of benzene rings is 2. The van der Waals surface area contributed by atoms with E-state index >= 15 is 0 Å². The summed E-state index contributed by atoms with van der Waals surface area (Å²) in [5, 5.41) is 0. The van der Waals surface area contributed by atoms with Gasteiger partial charge in [0, 0.05) is 24.7 Å². The molecular weight excluding hydrogens is 441 g/mol. The van der Waals surface area contributed by atoms with Crippen LogP contribution in [0.4, 0.5) is 18.9 Å². The number of likely N-dealkylation sites (N-methyl/N-ethyl adjacent to an activating group) is 1. The zero-order chi connectivity index (χ0) is 24.9. The summed E-state index contributed by atoms with van der Waals surface area (Å²) in [6, 6.07) is 11.6. The van der Waals surface area contributed by atoms with E-state index in [1.54, 1.807) is 18.1 Å². The molecule has 4 nitrogen and oxygen atoms in total. The number of nitrogens with zero attached hydrogens (tertiary/aromatic N) is 2.